The maximum absolute atomic E-state index is 13.1. The molecule has 0 bridgehead atoms. The topological polar surface area (TPSA) is 231 Å². The third-order valence-electron chi connectivity index (χ3n) is 14.6. The molecule has 15 nitrogen and oxygen atoms in total. The van der Waals surface area contributed by atoms with Crippen LogP contribution < -0.4 is 0 Å². The second kappa shape index (κ2) is 47.5. The molecule has 0 radical (unpaired) electrons. The van der Waals surface area contributed by atoms with E-state index in [-0.39, 0.29) is 19.4 Å². The lowest BCUT2D eigenvalue weighted by Crippen LogP contribution is -2.61. The molecule has 0 aromatic carbocycles. The number of ether oxygens (including phenoxy) is 6. The first kappa shape index (κ1) is 69.8. The van der Waals surface area contributed by atoms with Gasteiger partial charge in [0.2, 0.25) is 0 Å². The minimum atomic E-state index is -1.77. The molecule has 7 N–H and O–H groups in total. The van der Waals surface area contributed by atoms with Crippen LogP contribution in [0.15, 0.2) is 36.5 Å². The minimum Gasteiger partial charge on any atom is -0.462 e. The zero-order valence-electron chi connectivity index (χ0n) is 47.5. The van der Waals surface area contributed by atoms with Gasteiger partial charge in [-0.2, -0.15) is 0 Å². The van der Waals surface area contributed by atoms with E-state index in [4.69, 9.17) is 28.4 Å². The van der Waals surface area contributed by atoms with Crippen LogP contribution in [0.2, 0.25) is 0 Å². The molecule has 4 unspecified atom stereocenters. The number of rotatable bonds is 49. The fourth-order valence-electron chi connectivity index (χ4n) is 9.59. The number of unbranched alkanes of at least 4 members (excludes halogenated alkanes) is 29. The number of aliphatic hydroxyl groups is 7. The van der Waals surface area contributed by atoms with Crippen molar-refractivity contribution in [2.75, 3.05) is 26.4 Å². The van der Waals surface area contributed by atoms with Crippen molar-refractivity contribution < 1.29 is 73.8 Å². The van der Waals surface area contributed by atoms with Gasteiger partial charge in [-0.05, 0) is 70.6 Å². The first-order valence-electron chi connectivity index (χ1n) is 30.6. The molecule has 11 atom stereocenters. The Balaban J connectivity index is 1.75. The maximum Gasteiger partial charge on any atom is 0.306 e. The lowest BCUT2D eigenvalue weighted by Gasteiger charge is -2.42. The number of hydrogen-bond donors (Lipinski definition) is 7. The van der Waals surface area contributed by atoms with Crippen molar-refractivity contribution in [1.82, 2.24) is 0 Å². The number of hydrogen-bond acceptors (Lipinski definition) is 15. The summed E-state index contributed by atoms with van der Waals surface area (Å²) in [6, 6.07) is 0. The Morgan fingerprint density at radius 3 is 1.25 bits per heavy atom. The van der Waals surface area contributed by atoms with Crippen LogP contribution in [0, 0.1) is 0 Å². The van der Waals surface area contributed by atoms with Crippen molar-refractivity contribution in [3.63, 3.8) is 0 Å². The second-order valence-electron chi connectivity index (χ2n) is 21.5. The molecular formula is C61H110O15. The molecule has 2 fully saturated rings. The normalized spacial score (nSPS) is 24.5. The molecule has 0 aromatic heterocycles. The van der Waals surface area contributed by atoms with Gasteiger partial charge in [0.25, 0.3) is 0 Å². The van der Waals surface area contributed by atoms with E-state index in [1.807, 2.05) is 0 Å². The second-order valence-corrected chi connectivity index (χ2v) is 21.5. The standard InChI is InChI=1S/C61H110O15/c1-3-5-7-9-11-13-15-17-19-21-22-23-24-25-26-28-30-32-34-36-38-40-42-44-53(64)74-49(46-71-52(63)43-41-39-37-35-33-31-29-27-20-18-16-14-12-10-8-6-4-2)47-72-60-59(70)57(68)55(66)51(76-60)48-73-61-58(69)56(67)54(65)50(45-62)75-61/h14,16,28,30,36,38,49-51,54-62,65-70H,3-13,15,17-27,29,31-35,37,39-48H2,1-2H3/b16-14+,30-28+,38-36+/t49-,50+,51+,54-,55-,56?,57?,58?,59?,60+,61+/m1/s1. The SMILES string of the molecule is CCCCCC/C=C/CCCCCCCCCCCC(=O)OC[C@H](CO[C@H]1O[C@@H](CO[C@H]2O[C@@H](CO)[C@@H](O)C(O)C2O)[C@@H](O)C(O)C1O)OC(=O)CCC/C=C/CC/C=C/CCCCCCCCCCCCCCCC. The Labute approximate surface area is 459 Å². The van der Waals surface area contributed by atoms with Gasteiger partial charge in [0.05, 0.1) is 19.8 Å². The van der Waals surface area contributed by atoms with E-state index in [0.717, 1.165) is 38.5 Å². The van der Waals surface area contributed by atoms with E-state index >= 15 is 0 Å². The van der Waals surface area contributed by atoms with E-state index in [2.05, 4.69) is 50.3 Å². The molecule has 0 aromatic rings. The Morgan fingerprint density at radius 1 is 0.408 bits per heavy atom. The van der Waals surface area contributed by atoms with E-state index in [1.165, 1.54) is 161 Å². The highest BCUT2D eigenvalue weighted by Crippen LogP contribution is 2.27. The van der Waals surface area contributed by atoms with Gasteiger partial charge < -0.3 is 64.2 Å². The zero-order valence-corrected chi connectivity index (χ0v) is 47.5. The van der Waals surface area contributed by atoms with Crippen LogP contribution in [0.5, 0.6) is 0 Å². The zero-order chi connectivity index (χ0) is 55.3. The number of carbonyl (C=O) groups is 2. The van der Waals surface area contributed by atoms with Crippen LogP contribution in [0.4, 0.5) is 0 Å². The average Bonchev–Trinajstić information content (AvgIpc) is 3.42. The highest BCUT2D eigenvalue weighted by molar-refractivity contribution is 5.70. The summed E-state index contributed by atoms with van der Waals surface area (Å²) < 4.78 is 33.7. The lowest BCUT2D eigenvalue weighted by molar-refractivity contribution is -0.332. The largest absolute Gasteiger partial charge is 0.462 e. The summed E-state index contributed by atoms with van der Waals surface area (Å²) in [5.74, 6) is -0.968. The molecule has 2 heterocycles. The molecule has 15 heteroatoms. The molecule has 2 saturated heterocycles. The third-order valence-corrected chi connectivity index (χ3v) is 14.6. The maximum atomic E-state index is 13.1. The summed E-state index contributed by atoms with van der Waals surface area (Å²) in [5.41, 5.74) is 0. The molecule has 2 aliphatic heterocycles. The van der Waals surface area contributed by atoms with E-state index in [0.29, 0.717) is 19.3 Å². The van der Waals surface area contributed by atoms with Crippen LogP contribution in [0.3, 0.4) is 0 Å². The van der Waals surface area contributed by atoms with Gasteiger partial charge in [0.15, 0.2) is 18.7 Å². The quantitative estimate of drug-likeness (QED) is 0.0171. The molecule has 0 saturated carbocycles. The molecule has 0 spiro atoms. The molecule has 76 heavy (non-hydrogen) atoms. The molecular weight excluding hydrogens is 973 g/mol. The Morgan fingerprint density at radius 2 is 0.776 bits per heavy atom. The third kappa shape index (κ3) is 34.0. The van der Waals surface area contributed by atoms with Crippen LogP contribution in [0.25, 0.3) is 0 Å². The predicted octanol–water partition coefficient (Wildman–Crippen LogP) is 10.8. The van der Waals surface area contributed by atoms with Gasteiger partial charge in [-0.25, -0.2) is 0 Å². The van der Waals surface area contributed by atoms with Crippen molar-refractivity contribution in [1.29, 1.82) is 0 Å². The summed E-state index contributed by atoms with van der Waals surface area (Å²) in [6.45, 7) is 2.58. The lowest BCUT2D eigenvalue weighted by atomic mass is 9.98. The Bertz CT molecular complexity index is 1460. The van der Waals surface area contributed by atoms with Gasteiger partial charge >= 0.3 is 11.9 Å². The highest BCUT2D eigenvalue weighted by Gasteiger charge is 2.47. The predicted molar refractivity (Wildman–Crippen MR) is 298 cm³/mol. The van der Waals surface area contributed by atoms with Crippen molar-refractivity contribution in [2.24, 2.45) is 0 Å². The van der Waals surface area contributed by atoms with Gasteiger partial charge in [0.1, 0.15) is 55.4 Å². The van der Waals surface area contributed by atoms with Gasteiger partial charge in [-0.1, -0.05) is 198 Å². The van der Waals surface area contributed by atoms with Gasteiger partial charge in [-0.3, -0.25) is 9.59 Å². The van der Waals surface area contributed by atoms with Crippen LogP contribution >= 0.6 is 0 Å². The first-order chi connectivity index (χ1) is 37.0. The average molecular weight is 1080 g/mol. The Kier molecular flexibility index (Phi) is 43.7. The van der Waals surface area contributed by atoms with Crippen molar-refractivity contribution in [2.45, 2.75) is 313 Å². The van der Waals surface area contributed by atoms with Gasteiger partial charge in [0, 0.05) is 12.8 Å². The Hall–Kier alpha value is -2.28. The first-order valence-corrected chi connectivity index (χ1v) is 30.6. The van der Waals surface area contributed by atoms with Crippen molar-refractivity contribution >= 4 is 11.9 Å². The molecule has 0 amide bonds. The van der Waals surface area contributed by atoms with Crippen LogP contribution in [-0.4, -0.2) is 142 Å². The number of allylic oxidation sites excluding steroid dienone is 6. The number of aliphatic hydroxyl groups excluding tert-OH is 7. The van der Waals surface area contributed by atoms with Crippen molar-refractivity contribution in [3.8, 4) is 0 Å². The monoisotopic (exact) mass is 1080 g/mol. The van der Waals surface area contributed by atoms with Gasteiger partial charge in [-0.15, -0.1) is 0 Å². The van der Waals surface area contributed by atoms with E-state index in [1.54, 1.807) is 0 Å². The van der Waals surface area contributed by atoms with E-state index < -0.39 is 99.3 Å². The summed E-state index contributed by atoms with van der Waals surface area (Å²) in [5, 5.41) is 72.3. The van der Waals surface area contributed by atoms with E-state index in [9.17, 15) is 45.3 Å². The van der Waals surface area contributed by atoms with Crippen LogP contribution in [-0.2, 0) is 38.0 Å². The highest BCUT2D eigenvalue weighted by atomic mass is 16.7. The molecule has 444 valence electrons. The fraction of sp³-hybridized carbons (Fsp3) is 0.869. The molecule has 0 aliphatic carbocycles. The number of esters is 2. The number of carbonyl (C=O) groups excluding carboxylic acids is 2. The smallest absolute Gasteiger partial charge is 0.306 e. The fourth-order valence-corrected chi connectivity index (χ4v) is 9.59. The summed E-state index contributed by atoms with van der Waals surface area (Å²) in [6.07, 6.45) is 37.5. The van der Waals surface area contributed by atoms with Crippen LogP contribution in [0.1, 0.15) is 245 Å². The minimum absolute atomic E-state index is 0.106. The van der Waals surface area contributed by atoms with Crippen molar-refractivity contribution in [3.05, 3.63) is 36.5 Å². The summed E-state index contributed by atoms with van der Waals surface area (Å²) in [4.78, 5) is 25.9. The molecule has 2 aliphatic rings. The molecule has 2 rings (SSSR count). The summed E-state index contributed by atoms with van der Waals surface area (Å²) >= 11 is 0. The summed E-state index contributed by atoms with van der Waals surface area (Å²) in [7, 11) is 0.